The van der Waals surface area contributed by atoms with Gasteiger partial charge in [-0.05, 0) is 32.0 Å². The Kier molecular flexibility index (Phi) is 4.53. The molecule has 0 fully saturated rings. The van der Waals surface area contributed by atoms with Crippen LogP contribution in [-0.2, 0) is 0 Å². The molecule has 1 aromatic heterocycles. The van der Waals surface area contributed by atoms with Crippen LogP contribution in [0.1, 0.15) is 24.3 Å². The first kappa shape index (κ1) is 14.3. The summed E-state index contributed by atoms with van der Waals surface area (Å²) in [6, 6.07) is 8.78. The molecule has 104 valence electrons. The van der Waals surface area contributed by atoms with E-state index in [-0.39, 0.29) is 17.6 Å². The van der Waals surface area contributed by atoms with Crippen molar-refractivity contribution in [2.45, 2.75) is 19.9 Å². The van der Waals surface area contributed by atoms with Crippen molar-refractivity contribution in [3.05, 3.63) is 47.2 Å². The Balaban J connectivity index is 2.15. The van der Waals surface area contributed by atoms with Crippen molar-refractivity contribution < 1.29 is 4.79 Å². The molecule has 0 bridgehead atoms. The molecule has 0 aliphatic rings. The number of para-hydroxylation sites is 1. The Morgan fingerprint density at radius 2 is 2.00 bits per heavy atom. The van der Waals surface area contributed by atoms with Crippen LogP contribution in [-0.4, -0.2) is 21.9 Å². The molecule has 1 heterocycles. The van der Waals surface area contributed by atoms with Crippen LogP contribution < -0.4 is 10.6 Å². The SMILES string of the molecule is CC(C)Nc1nccc(C(=O)Nc2ccccc2Cl)n1. The molecule has 0 saturated heterocycles. The number of halogens is 1. The van der Waals surface area contributed by atoms with Crippen LogP contribution in [0.5, 0.6) is 0 Å². The molecule has 1 aromatic carbocycles. The first-order chi connectivity index (χ1) is 9.56. The van der Waals surface area contributed by atoms with Crippen molar-refractivity contribution in [2.24, 2.45) is 0 Å². The minimum Gasteiger partial charge on any atom is -0.352 e. The van der Waals surface area contributed by atoms with Crippen LogP contribution in [0.4, 0.5) is 11.6 Å². The van der Waals surface area contributed by atoms with Crippen LogP contribution in [0.25, 0.3) is 0 Å². The summed E-state index contributed by atoms with van der Waals surface area (Å²) < 4.78 is 0. The Morgan fingerprint density at radius 3 is 2.70 bits per heavy atom. The third kappa shape index (κ3) is 3.68. The molecule has 0 unspecified atom stereocenters. The van der Waals surface area contributed by atoms with E-state index in [4.69, 9.17) is 11.6 Å². The fourth-order valence-corrected chi connectivity index (χ4v) is 1.74. The standard InChI is InChI=1S/C14H15ClN4O/c1-9(2)17-14-16-8-7-12(19-14)13(20)18-11-6-4-3-5-10(11)15/h3-9H,1-2H3,(H,18,20)(H,16,17,19). The van der Waals surface area contributed by atoms with Gasteiger partial charge in [0.25, 0.3) is 5.91 Å². The summed E-state index contributed by atoms with van der Waals surface area (Å²) in [6.45, 7) is 3.94. The molecule has 0 atom stereocenters. The van der Waals surface area contributed by atoms with Gasteiger partial charge in [-0.25, -0.2) is 9.97 Å². The summed E-state index contributed by atoms with van der Waals surface area (Å²) in [5.74, 6) is 0.0964. The molecule has 6 heteroatoms. The number of carbonyl (C=O) groups excluding carboxylic acids is 1. The third-order valence-corrected chi connectivity index (χ3v) is 2.76. The predicted octanol–water partition coefficient (Wildman–Crippen LogP) is 3.20. The average molecular weight is 291 g/mol. The van der Waals surface area contributed by atoms with Gasteiger partial charge in [-0.3, -0.25) is 4.79 Å². The number of hydrogen-bond acceptors (Lipinski definition) is 4. The lowest BCUT2D eigenvalue weighted by Gasteiger charge is -2.09. The zero-order valence-corrected chi connectivity index (χ0v) is 12.0. The van der Waals surface area contributed by atoms with Crippen LogP contribution in [0.15, 0.2) is 36.5 Å². The molecule has 0 saturated carbocycles. The third-order valence-electron chi connectivity index (χ3n) is 2.43. The van der Waals surface area contributed by atoms with E-state index in [2.05, 4.69) is 20.6 Å². The van der Waals surface area contributed by atoms with Crippen LogP contribution in [0.3, 0.4) is 0 Å². The maximum Gasteiger partial charge on any atom is 0.274 e. The van der Waals surface area contributed by atoms with Crippen LogP contribution in [0.2, 0.25) is 5.02 Å². The van der Waals surface area contributed by atoms with E-state index in [1.54, 1.807) is 36.5 Å². The van der Waals surface area contributed by atoms with E-state index in [9.17, 15) is 4.79 Å². The first-order valence-electron chi connectivity index (χ1n) is 6.21. The molecule has 0 radical (unpaired) electrons. The lowest BCUT2D eigenvalue weighted by molar-refractivity contribution is 0.102. The first-order valence-corrected chi connectivity index (χ1v) is 6.59. The number of hydrogen-bond donors (Lipinski definition) is 2. The number of rotatable bonds is 4. The van der Waals surface area contributed by atoms with E-state index in [1.807, 2.05) is 13.8 Å². The topological polar surface area (TPSA) is 66.9 Å². The quantitative estimate of drug-likeness (QED) is 0.907. The Hall–Kier alpha value is -2.14. The minimum absolute atomic E-state index is 0.192. The summed E-state index contributed by atoms with van der Waals surface area (Å²) in [7, 11) is 0. The fourth-order valence-electron chi connectivity index (χ4n) is 1.56. The molecule has 2 rings (SSSR count). The van der Waals surface area contributed by atoms with E-state index >= 15 is 0 Å². The van der Waals surface area contributed by atoms with Crippen molar-refractivity contribution in [3.63, 3.8) is 0 Å². The number of anilines is 2. The summed E-state index contributed by atoms with van der Waals surface area (Å²) in [4.78, 5) is 20.3. The number of aromatic nitrogens is 2. The monoisotopic (exact) mass is 290 g/mol. The summed E-state index contributed by atoms with van der Waals surface area (Å²) >= 11 is 6.00. The zero-order chi connectivity index (χ0) is 14.5. The normalized spacial score (nSPS) is 10.4. The Morgan fingerprint density at radius 1 is 1.25 bits per heavy atom. The van der Waals surface area contributed by atoms with Crippen LogP contribution in [0, 0.1) is 0 Å². The summed E-state index contributed by atoms with van der Waals surface area (Å²) in [5, 5.41) is 6.25. The number of nitrogens with one attached hydrogen (secondary N) is 2. The van der Waals surface area contributed by atoms with Gasteiger partial charge in [0.2, 0.25) is 5.95 Å². The highest BCUT2D eigenvalue weighted by Gasteiger charge is 2.11. The second-order valence-corrected chi connectivity index (χ2v) is 4.91. The second kappa shape index (κ2) is 6.34. The minimum atomic E-state index is -0.327. The second-order valence-electron chi connectivity index (χ2n) is 4.50. The summed E-state index contributed by atoms with van der Waals surface area (Å²) in [6.07, 6.45) is 1.54. The maximum atomic E-state index is 12.1. The predicted molar refractivity (Wildman–Crippen MR) is 80.2 cm³/mol. The van der Waals surface area contributed by atoms with Gasteiger partial charge < -0.3 is 10.6 Å². The number of amides is 1. The largest absolute Gasteiger partial charge is 0.352 e. The van der Waals surface area contributed by atoms with Gasteiger partial charge >= 0.3 is 0 Å². The van der Waals surface area contributed by atoms with Crippen LogP contribution >= 0.6 is 11.6 Å². The lowest BCUT2D eigenvalue weighted by atomic mass is 10.3. The van der Waals surface area contributed by atoms with Crippen molar-refractivity contribution in [3.8, 4) is 0 Å². The van der Waals surface area contributed by atoms with Gasteiger partial charge in [0, 0.05) is 12.2 Å². The van der Waals surface area contributed by atoms with Crippen molar-refractivity contribution in [1.82, 2.24) is 9.97 Å². The van der Waals surface area contributed by atoms with Gasteiger partial charge in [0.05, 0.1) is 10.7 Å². The highest BCUT2D eigenvalue weighted by molar-refractivity contribution is 6.33. The number of benzene rings is 1. The van der Waals surface area contributed by atoms with Gasteiger partial charge in [-0.15, -0.1) is 0 Å². The maximum absolute atomic E-state index is 12.1. The molecule has 0 aliphatic heterocycles. The molecule has 0 spiro atoms. The van der Waals surface area contributed by atoms with Gasteiger partial charge in [0.1, 0.15) is 5.69 Å². The Bertz CT molecular complexity index is 616. The number of carbonyl (C=O) groups is 1. The molecular weight excluding hydrogens is 276 g/mol. The van der Waals surface area contributed by atoms with E-state index < -0.39 is 0 Å². The molecular formula is C14H15ClN4O. The van der Waals surface area contributed by atoms with Crippen molar-refractivity contribution in [2.75, 3.05) is 10.6 Å². The highest BCUT2D eigenvalue weighted by atomic mass is 35.5. The van der Waals surface area contributed by atoms with Crippen molar-refractivity contribution >= 4 is 29.1 Å². The van der Waals surface area contributed by atoms with E-state index in [0.717, 1.165) is 0 Å². The molecule has 1 amide bonds. The fraction of sp³-hybridized carbons (Fsp3) is 0.214. The van der Waals surface area contributed by atoms with E-state index in [1.165, 1.54) is 0 Å². The molecule has 20 heavy (non-hydrogen) atoms. The molecule has 2 aromatic rings. The molecule has 0 aliphatic carbocycles. The van der Waals surface area contributed by atoms with E-state index in [0.29, 0.717) is 16.7 Å². The smallest absolute Gasteiger partial charge is 0.274 e. The average Bonchev–Trinajstić information content (AvgIpc) is 2.41. The lowest BCUT2D eigenvalue weighted by Crippen LogP contribution is -2.17. The van der Waals surface area contributed by atoms with Gasteiger partial charge in [0.15, 0.2) is 0 Å². The van der Waals surface area contributed by atoms with Crippen molar-refractivity contribution in [1.29, 1.82) is 0 Å². The highest BCUT2D eigenvalue weighted by Crippen LogP contribution is 2.20. The Labute approximate surface area is 122 Å². The zero-order valence-electron chi connectivity index (χ0n) is 11.2. The molecule has 2 N–H and O–H groups in total. The summed E-state index contributed by atoms with van der Waals surface area (Å²) in [5.41, 5.74) is 0.833. The van der Waals surface area contributed by atoms with Gasteiger partial charge in [-0.2, -0.15) is 0 Å². The molecule has 5 nitrogen and oxygen atoms in total. The van der Waals surface area contributed by atoms with Gasteiger partial charge in [-0.1, -0.05) is 23.7 Å². The number of nitrogens with zero attached hydrogens (tertiary/aromatic N) is 2.